The molecule has 0 aliphatic carbocycles. The molecule has 18 heavy (non-hydrogen) atoms. The van der Waals surface area contributed by atoms with Crippen LogP contribution in [0.2, 0.25) is 0 Å². The van der Waals surface area contributed by atoms with Crippen LogP contribution in [0.1, 0.15) is 22.8 Å². The zero-order valence-corrected chi connectivity index (χ0v) is 12.2. The van der Waals surface area contributed by atoms with Crippen LogP contribution in [0.3, 0.4) is 0 Å². The van der Waals surface area contributed by atoms with Gasteiger partial charge in [0, 0.05) is 30.1 Å². The van der Waals surface area contributed by atoms with E-state index in [9.17, 15) is 0 Å². The fraction of sp³-hybridized carbons (Fsp3) is 0.357. The van der Waals surface area contributed by atoms with Gasteiger partial charge in [-0.2, -0.15) is 0 Å². The standard InChI is InChI=1S/C14H17BrN2O/c1-10-13(17(2)14(16-10)7-8-18)9-11-5-3-4-6-12(11)15/h3-6,18H,7-9H2,1-2H3. The van der Waals surface area contributed by atoms with Crippen molar-refractivity contribution in [2.75, 3.05) is 6.61 Å². The molecule has 2 rings (SSSR count). The second-order valence-electron chi connectivity index (χ2n) is 4.36. The first-order valence-corrected chi connectivity index (χ1v) is 6.78. The Kier molecular flexibility index (Phi) is 4.19. The highest BCUT2D eigenvalue weighted by molar-refractivity contribution is 9.10. The number of hydrogen-bond acceptors (Lipinski definition) is 2. The fourth-order valence-electron chi connectivity index (χ4n) is 2.12. The van der Waals surface area contributed by atoms with Crippen LogP contribution in [-0.2, 0) is 19.9 Å². The molecule has 96 valence electrons. The molecule has 0 amide bonds. The Balaban J connectivity index is 2.32. The topological polar surface area (TPSA) is 38.1 Å². The minimum Gasteiger partial charge on any atom is -0.396 e. The van der Waals surface area contributed by atoms with E-state index in [1.807, 2.05) is 26.1 Å². The molecule has 1 heterocycles. The zero-order chi connectivity index (χ0) is 13.1. The van der Waals surface area contributed by atoms with Crippen molar-refractivity contribution in [3.8, 4) is 0 Å². The Morgan fingerprint density at radius 3 is 2.72 bits per heavy atom. The number of imidazole rings is 1. The minimum atomic E-state index is 0.138. The highest BCUT2D eigenvalue weighted by Gasteiger charge is 2.12. The summed E-state index contributed by atoms with van der Waals surface area (Å²) in [6, 6.07) is 8.22. The van der Waals surface area contributed by atoms with Crippen molar-refractivity contribution in [1.82, 2.24) is 9.55 Å². The van der Waals surface area contributed by atoms with Gasteiger partial charge in [0.15, 0.2) is 0 Å². The van der Waals surface area contributed by atoms with E-state index in [1.165, 1.54) is 11.3 Å². The second kappa shape index (κ2) is 5.67. The zero-order valence-electron chi connectivity index (χ0n) is 10.7. The summed E-state index contributed by atoms with van der Waals surface area (Å²) in [7, 11) is 2.01. The van der Waals surface area contributed by atoms with Crippen LogP contribution in [-0.4, -0.2) is 21.3 Å². The Hall–Kier alpha value is -1.13. The molecule has 3 nitrogen and oxygen atoms in total. The van der Waals surface area contributed by atoms with E-state index in [-0.39, 0.29) is 6.61 Å². The van der Waals surface area contributed by atoms with E-state index in [0.29, 0.717) is 6.42 Å². The van der Waals surface area contributed by atoms with E-state index >= 15 is 0 Å². The van der Waals surface area contributed by atoms with Crippen molar-refractivity contribution in [1.29, 1.82) is 0 Å². The predicted molar refractivity (Wildman–Crippen MR) is 75.7 cm³/mol. The van der Waals surface area contributed by atoms with Gasteiger partial charge in [-0.3, -0.25) is 0 Å². The van der Waals surface area contributed by atoms with E-state index in [1.54, 1.807) is 0 Å². The lowest BCUT2D eigenvalue weighted by Gasteiger charge is -2.08. The van der Waals surface area contributed by atoms with Crippen molar-refractivity contribution in [2.24, 2.45) is 7.05 Å². The molecule has 0 saturated heterocycles. The monoisotopic (exact) mass is 308 g/mol. The molecule has 0 aliphatic heterocycles. The van der Waals surface area contributed by atoms with Crippen molar-refractivity contribution < 1.29 is 5.11 Å². The number of rotatable bonds is 4. The molecule has 0 unspecified atom stereocenters. The Morgan fingerprint density at radius 1 is 1.33 bits per heavy atom. The van der Waals surface area contributed by atoms with Gasteiger partial charge in [0.2, 0.25) is 0 Å². The minimum absolute atomic E-state index is 0.138. The first kappa shape index (κ1) is 13.3. The lowest BCUT2D eigenvalue weighted by Crippen LogP contribution is -2.05. The fourth-order valence-corrected chi connectivity index (χ4v) is 2.55. The third-order valence-electron chi connectivity index (χ3n) is 3.16. The van der Waals surface area contributed by atoms with Gasteiger partial charge in [-0.1, -0.05) is 34.1 Å². The average Bonchev–Trinajstić information content (AvgIpc) is 2.60. The third-order valence-corrected chi connectivity index (χ3v) is 3.93. The molecule has 2 aromatic rings. The lowest BCUT2D eigenvalue weighted by molar-refractivity contribution is 0.295. The maximum Gasteiger partial charge on any atom is 0.111 e. The molecule has 0 spiro atoms. The molecule has 0 radical (unpaired) electrons. The maximum absolute atomic E-state index is 9.02. The number of aryl methyl sites for hydroxylation is 1. The van der Waals surface area contributed by atoms with Crippen molar-refractivity contribution in [3.63, 3.8) is 0 Å². The Morgan fingerprint density at radius 2 is 2.06 bits per heavy atom. The van der Waals surface area contributed by atoms with Gasteiger partial charge in [0.25, 0.3) is 0 Å². The third kappa shape index (κ3) is 2.65. The van der Waals surface area contributed by atoms with Gasteiger partial charge >= 0.3 is 0 Å². The van der Waals surface area contributed by atoms with Crippen LogP contribution in [0.5, 0.6) is 0 Å². The number of aliphatic hydroxyl groups is 1. The van der Waals surface area contributed by atoms with Crippen LogP contribution < -0.4 is 0 Å². The molecule has 1 aromatic carbocycles. The predicted octanol–water partition coefficient (Wildman–Crippen LogP) is 2.62. The first-order chi connectivity index (χ1) is 8.63. The maximum atomic E-state index is 9.02. The van der Waals surface area contributed by atoms with E-state index in [2.05, 4.69) is 37.6 Å². The summed E-state index contributed by atoms with van der Waals surface area (Å²) in [5.41, 5.74) is 3.49. The van der Waals surface area contributed by atoms with Gasteiger partial charge in [0.1, 0.15) is 5.82 Å². The molecule has 1 aromatic heterocycles. The molecule has 0 fully saturated rings. The number of nitrogens with zero attached hydrogens (tertiary/aromatic N) is 2. The molecule has 0 aliphatic rings. The number of aromatic nitrogens is 2. The highest BCUT2D eigenvalue weighted by Crippen LogP contribution is 2.21. The number of hydrogen-bond donors (Lipinski definition) is 1. The van der Waals surface area contributed by atoms with E-state index < -0.39 is 0 Å². The Bertz CT molecular complexity index is 549. The summed E-state index contributed by atoms with van der Waals surface area (Å²) in [6.07, 6.45) is 1.45. The number of benzene rings is 1. The number of halogens is 1. The van der Waals surface area contributed by atoms with Crippen LogP contribution in [0.4, 0.5) is 0 Å². The molecule has 1 N–H and O–H groups in total. The van der Waals surface area contributed by atoms with Gasteiger partial charge in [0.05, 0.1) is 12.3 Å². The molecule has 0 saturated carbocycles. The molecule has 4 heteroatoms. The quantitative estimate of drug-likeness (QED) is 0.943. The van der Waals surface area contributed by atoms with E-state index in [0.717, 1.165) is 22.4 Å². The SMILES string of the molecule is Cc1nc(CCO)n(C)c1Cc1ccccc1Br. The summed E-state index contributed by atoms with van der Waals surface area (Å²) in [4.78, 5) is 4.51. The molecular weight excluding hydrogens is 292 g/mol. The largest absolute Gasteiger partial charge is 0.396 e. The van der Waals surface area contributed by atoms with Crippen molar-refractivity contribution in [3.05, 3.63) is 51.5 Å². The van der Waals surface area contributed by atoms with E-state index in [4.69, 9.17) is 5.11 Å². The summed E-state index contributed by atoms with van der Waals surface area (Å²) >= 11 is 3.57. The Labute approximate surface area is 116 Å². The van der Waals surface area contributed by atoms with Crippen LogP contribution in [0.25, 0.3) is 0 Å². The molecule has 0 bridgehead atoms. The van der Waals surface area contributed by atoms with Crippen LogP contribution in [0, 0.1) is 6.92 Å². The lowest BCUT2D eigenvalue weighted by atomic mass is 10.1. The molecular formula is C14H17BrN2O. The summed E-state index contributed by atoms with van der Waals surface area (Å²) < 4.78 is 3.21. The summed E-state index contributed by atoms with van der Waals surface area (Å²) in [6.45, 7) is 2.16. The van der Waals surface area contributed by atoms with Gasteiger partial charge < -0.3 is 9.67 Å². The smallest absolute Gasteiger partial charge is 0.111 e. The van der Waals surface area contributed by atoms with Gasteiger partial charge in [-0.25, -0.2) is 4.98 Å². The van der Waals surface area contributed by atoms with Gasteiger partial charge in [-0.15, -0.1) is 0 Å². The summed E-state index contributed by atoms with van der Waals surface area (Å²) in [5, 5.41) is 9.02. The average molecular weight is 309 g/mol. The second-order valence-corrected chi connectivity index (χ2v) is 5.22. The van der Waals surface area contributed by atoms with Crippen molar-refractivity contribution in [2.45, 2.75) is 19.8 Å². The normalized spacial score (nSPS) is 10.9. The van der Waals surface area contributed by atoms with Crippen LogP contribution >= 0.6 is 15.9 Å². The van der Waals surface area contributed by atoms with Crippen LogP contribution in [0.15, 0.2) is 28.7 Å². The summed E-state index contributed by atoms with van der Waals surface area (Å²) in [5.74, 6) is 0.942. The molecule has 0 atom stereocenters. The number of aliphatic hydroxyl groups excluding tert-OH is 1. The first-order valence-electron chi connectivity index (χ1n) is 5.98. The highest BCUT2D eigenvalue weighted by atomic mass is 79.9. The van der Waals surface area contributed by atoms with Crippen molar-refractivity contribution >= 4 is 15.9 Å². The van der Waals surface area contributed by atoms with Gasteiger partial charge in [-0.05, 0) is 18.6 Å².